The molecule has 8 nitrogen and oxygen atoms in total. The van der Waals surface area contributed by atoms with E-state index in [1.54, 1.807) is 26.4 Å². The Morgan fingerprint density at radius 2 is 1.62 bits per heavy atom. The number of rotatable bonds is 8. The zero-order valence-electron chi connectivity index (χ0n) is 17.4. The molecule has 2 aromatic carbocycles. The number of hydrogen-bond donors (Lipinski definition) is 2. The molecule has 0 atom stereocenters. The third-order valence-electron chi connectivity index (χ3n) is 4.08. The number of hydrogen-bond acceptors (Lipinski definition) is 6. The average Bonchev–Trinajstić information content (AvgIpc) is 2.76. The number of esters is 1. The Kier molecular flexibility index (Phi) is 8.14. The quantitative estimate of drug-likeness (QED) is 0.399. The standard InChI is InChI=1S/C21H27N3O5/c1-6-22-21(24-15-8-10-18(27-3)19(12-15)28-4)23-13-14-7-9-17(26-2)16(11-14)20(25)29-5/h7-12H,6,13H2,1-5H3,(H2,22,23,24). The zero-order valence-corrected chi connectivity index (χ0v) is 17.4. The van der Waals surface area contributed by atoms with Crippen molar-refractivity contribution in [2.45, 2.75) is 13.5 Å². The van der Waals surface area contributed by atoms with Gasteiger partial charge >= 0.3 is 5.97 Å². The summed E-state index contributed by atoms with van der Waals surface area (Å²) in [5, 5.41) is 6.42. The van der Waals surface area contributed by atoms with Crippen molar-refractivity contribution in [1.29, 1.82) is 0 Å². The Hall–Kier alpha value is -3.42. The second-order valence-electron chi connectivity index (χ2n) is 5.92. The van der Waals surface area contributed by atoms with E-state index < -0.39 is 5.97 Å². The minimum absolute atomic E-state index is 0.358. The van der Waals surface area contributed by atoms with Crippen LogP contribution in [0.15, 0.2) is 41.4 Å². The fourth-order valence-electron chi connectivity index (χ4n) is 2.65. The molecule has 2 rings (SSSR count). The molecule has 0 amide bonds. The molecule has 0 aliphatic heterocycles. The van der Waals surface area contributed by atoms with Gasteiger partial charge in [-0.15, -0.1) is 0 Å². The number of carbonyl (C=O) groups is 1. The second-order valence-corrected chi connectivity index (χ2v) is 5.92. The number of methoxy groups -OCH3 is 4. The molecular weight excluding hydrogens is 374 g/mol. The number of anilines is 1. The van der Waals surface area contributed by atoms with Crippen LogP contribution in [0.5, 0.6) is 17.2 Å². The van der Waals surface area contributed by atoms with Crippen molar-refractivity contribution in [3.63, 3.8) is 0 Å². The fourth-order valence-corrected chi connectivity index (χ4v) is 2.65. The fraction of sp³-hybridized carbons (Fsp3) is 0.333. The minimum Gasteiger partial charge on any atom is -0.496 e. The molecule has 2 aromatic rings. The molecule has 0 aliphatic carbocycles. The number of ether oxygens (including phenoxy) is 4. The van der Waals surface area contributed by atoms with Gasteiger partial charge in [-0.05, 0) is 36.8 Å². The molecule has 0 unspecified atom stereocenters. The van der Waals surface area contributed by atoms with E-state index in [0.29, 0.717) is 41.9 Å². The molecule has 156 valence electrons. The van der Waals surface area contributed by atoms with Gasteiger partial charge in [0.05, 0.1) is 35.0 Å². The summed E-state index contributed by atoms with van der Waals surface area (Å²) in [5.74, 6) is 1.86. The van der Waals surface area contributed by atoms with Crippen molar-refractivity contribution in [1.82, 2.24) is 5.32 Å². The molecule has 0 heterocycles. The van der Waals surface area contributed by atoms with Crippen LogP contribution in [0.2, 0.25) is 0 Å². The number of guanidine groups is 1. The molecule has 0 bridgehead atoms. The lowest BCUT2D eigenvalue weighted by molar-refractivity contribution is 0.0597. The van der Waals surface area contributed by atoms with Crippen LogP contribution in [0, 0.1) is 0 Å². The largest absolute Gasteiger partial charge is 0.496 e. The maximum absolute atomic E-state index is 12.0. The third kappa shape index (κ3) is 5.78. The number of nitrogens with one attached hydrogen (secondary N) is 2. The highest BCUT2D eigenvalue weighted by molar-refractivity contribution is 5.94. The van der Waals surface area contributed by atoms with Crippen LogP contribution >= 0.6 is 0 Å². The van der Waals surface area contributed by atoms with Gasteiger partial charge < -0.3 is 29.6 Å². The van der Waals surface area contributed by atoms with E-state index in [1.165, 1.54) is 14.2 Å². The Morgan fingerprint density at radius 1 is 0.931 bits per heavy atom. The summed E-state index contributed by atoms with van der Waals surface area (Å²) >= 11 is 0. The Balaban J connectivity index is 2.22. The first-order chi connectivity index (χ1) is 14.1. The number of benzene rings is 2. The molecular formula is C21H27N3O5. The van der Waals surface area contributed by atoms with Gasteiger partial charge in [-0.3, -0.25) is 0 Å². The third-order valence-corrected chi connectivity index (χ3v) is 4.08. The van der Waals surface area contributed by atoms with Gasteiger partial charge in [-0.1, -0.05) is 6.07 Å². The summed E-state index contributed by atoms with van der Waals surface area (Å²) in [6.45, 7) is 3.03. The smallest absolute Gasteiger partial charge is 0.341 e. The van der Waals surface area contributed by atoms with E-state index in [-0.39, 0.29) is 0 Å². The first-order valence-corrected chi connectivity index (χ1v) is 9.08. The summed E-state index contributed by atoms with van der Waals surface area (Å²) < 4.78 is 20.6. The van der Waals surface area contributed by atoms with Gasteiger partial charge in [-0.2, -0.15) is 0 Å². The summed E-state index contributed by atoms with van der Waals surface area (Å²) in [6.07, 6.45) is 0. The van der Waals surface area contributed by atoms with Gasteiger partial charge in [0, 0.05) is 18.3 Å². The van der Waals surface area contributed by atoms with E-state index in [4.69, 9.17) is 18.9 Å². The molecule has 0 radical (unpaired) electrons. The van der Waals surface area contributed by atoms with Gasteiger partial charge in [0.25, 0.3) is 0 Å². The summed E-state index contributed by atoms with van der Waals surface area (Å²) in [7, 11) is 6.02. The lowest BCUT2D eigenvalue weighted by Gasteiger charge is -2.14. The van der Waals surface area contributed by atoms with E-state index in [9.17, 15) is 4.79 Å². The van der Waals surface area contributed by atoms with E-state index in [2.05, 4.69) is 15.6 Å². The average molecular weight is 401 g/mol. The van der Waals surface area contributed by atoms with Gasteiger partial charge in [-0.25, -0.2) is 9.79 Å². The summed E-state index contributed by atoms with van der Waals surface area (Å²) in [6, 6.07) is 10.8. The monoisotopic (exact) mass is 401 g/mol. The number of carbonyl (C=O) groups excluding carboxylic acids is 1. The highest BCUT2D eigenvalue weighted by Gasteiger charge is 2.13. The summed E-state index contributed by atoms with van der Waals surface area (Å²) in [4.78, 5) is 16.5. The Labute approximate surface area is 170 Å². The first-order valence-electron chi connectivity index (χ1n) is 9.08. The summed E-state index contributed by atoms with van der Waals surface area (Å²) in [5.41, 5.74) is 2.00. The van der Waals surface area contributed by atoms with Gasteiger partial charge in [0.2, 0.25) is 0 Å². The van der Waals surface area contributed by atoms with Crippen LogP contribution < -0.4 is 24.8 Å². The molecule has 0 spiro atoms. The second kappa shape index (κ2) is 10.8. The normalized spacial score (nSPS) is 10.9. The van der Waals surface area contributed by atoms with Crippen LogP contribution in [-0.4, -0.2) is 46.9 Å². The van der Waals surface area contributed by atoms with Crippen LogP contribution in [0.25, 0.3) is 0 Å². The minimum atomic E-state index is -0.456. The maximum Gasteiger partial charge on any atom is 0.341 e. The van der Waals surface area contributed by atoms with E-state index in [1.807, 2.05) is 31.2 Å². The van der Waals surface area contributed by atoms with Crippen molar-refractivity contribution in [3.05, 3.63) is 47.5 Å². The zero-order chi connectivity index (χ0) is 21.2. The van der Waals surface area contributed by atoms with Crippen LogP contribution in [0.1, 0.15) is 22.8 Å². The van der Waals surface area contributed by atoms with Crippen molar-refractivity contribution >= 4 is 17.6 Å². The molecule has 0 fully saturated rings. The number of nitrogens with zero attached hydrogens (tertiary/aromatic N) is 1. The molecule has 0 saturated heterocycles. The lowest BCUT2D eigenvalue weighted by Crippen LogP contribution is -2.30. The van der Waals surface area contributed by atoms with Crippen molar-refractivity contribution < 1.29 is 23.7 Å². The van der Waals surface area contributed by atoms with Gasteiger partial charge in [0.15, 0.2) is 17.5 Å². The molecule has 0 aromatic heterocycles. The SMILES string of the molecule is CCNC(=NCc1ccc(OC)c(C(=O)OC)c1)Nc1ccc(OC)c(OC)c1. The van der Waals surface area contributed by atoms with Gasteiger partial charge in [0.1, 0.15) is 11.3 Å². The highest BCUT2D eigenvalue weighted by atomic mass is 16.5. The Morgan fingerprint density at radius 3 is 2.24 bits per heavy atom. The van der Waals surface area contributed by atoms with Crippen LogP contribution in [0.4, 0.5) is 5.69 Å². The molecule has 8 heteroatoms. The first kappa shape index (κ1) is 21.9. The highest BCUT2D eigenvalue weighted by Crippen LogP contribution is 2.29. The number of aliphatic imine (C=N–C) groups is 1. The van der Waals surface area contributed by atoms with Crippen LogP contribution in [0.3, 0.4) is 0 Å². The van der Waals surface area contributed by atoms with Crippen molar-refractivity contribution in [2.24, 2.45) is 4.99 Å². The molecule has 0 saturated carbocycles. The van der Waals surface area contributed by atoms with E-state index in [0.717, 1.165) is 11.3 Å². The molecule has 2 N–H and O–H groups in total. The predicted molar refractivity (Wildman–Crippen MR) is 112 cm³/mol. The van der Waals surface area contributed by atoms with E-state index >= 15 is 0 Å². The van der Waals surface area contributed by atoms with Crippen molar-refractivity contribution in [2.75, 3.05) is 40.3 Å². The lowest BCUT2D eigenvalue weighted by atomic mass is 10.1. The predicted octanol–water partition coefficient (Wildman–Crippen LogP) is 3.08. The van der Waals surface area contributed by atoms with Crippen LogP contribution in [-0.2, 0) is 11.3 Å². The molecule has 29 heavy (non-hydrogen) atoms. The van der Waals surface area contributed by atoms with Crippen molar-refractivity contribution in [3.8, 4) is 17.2 Å². The topological polar surface area (TPSA) is 90.4 Å². The maximum atomic E-state index is 12.0. The Bertz CT molecular complexity index is 867. The molecule has 0 aliphatic rings.